The third-order valence-electron chi connectivity index (χ3n) is 3.52. The Labute approximate surface area is 161 Å². The van der Waals surface area contributed by atoms with E-state index in [1.165, 1.54) is 19.2 Å². The highest BCUT2D eigenvalue weighted by Crippen LogP contribution is 2.35. The van der Waals surface area contributed by atoms with E-state index in [2.05, 4.69) is 10.1 Å². The van der Waals surface area contributed by atoms with Crippen LogP contribution in [0.1, 0.15) is 17.6 Å². The van der Waals surface area contributed by atoms with E-state index in [4.69, 9.17) is 10.6 Å². The second kappa shape index (κ2) is 8.82. The first-order chi connectivity index (χ1) is 13.5. The van der Waals surface area contributed by atoms with Crippen LogP contribution in [0.4, 0.5) is 32.4 Å². The Morgan fingerprint density at radius 2 is 1.93 bits per heavy atom. The van der Waals surface area contributed by atoms with Gasteiger partial charge in [0.15, 0.2) is 0 Å². The van der Waals surface area contributed by atoms with Crippen molar-refractivity contribution >= 4 is 11.7 Å². The van der Waals surface area contributed by atoms with Gasteiger partial charge in [-0.2, -0.15) is 0 Å². The first-order valence-electron chi connectivity index (χ1n) is 7.89. The summed E-state index contributed by atoms with van der Waals surface area (Å²) < 4.78 is 73.6. The van der Waals surface area contributed by atoms with E-state index in [1.54, 1.807) is 0 Å². The summed E-state index contributed by atoms with van der Waals surface area (Å²) in [5, 5.41) is 12.3. The zero-order chi connectivity index (χ0) is 21.8. The van der Waals surface area contributed by atoms with E-state index in [1.807, 2.05) is 0 Å². The fraction of sp³-hybridized carbons (Fsp3) is 0.235. The Bertz CT molecular complexity index is 875. The van der Waals surface area contributed by atoms with Crippen LogP contribution >= 0.6 is 0 Å². The van der Waals surface area contributed by atoms with Gasteiger partial charge < -0.3 is 19.9 Å². The van der Waals surface area contributed by atoms with E-state index in [9.17, 15) is 31.9 Å². The van der Waals surface area contributed by atoms with Gasteiger partial charge in [0.05, 0.1) is 16.8 Å². The predicted octanol–water partition coefficient (Wildman–Crippen LogP) is 4.14. The molecule has 0 saturated heterocycles. The SMILES string of the molecule is CN(N)C(=O)Nc1cccc(OC(F)(F)F)c1COc1ccc(O)cc1C(F)F. The number of phenolic OH excluding ortho intramolecular Hbond substituents is 1. The summed E-state index contributed by atoms with van der Waals surface area (Å²) in [6.45, 7) is -0.666. The molecule has 7 nitrogen and oxygen atoms in total. The molecule has 0 aromatic heterocycles. The summed E-state index contributed by atoms with van der Waals surface area (Å²) in [5.41, 5.74) is -1.06. The van der Waals surface area contributed by atoms with Gasteiger partial charge in [0.2, 0.25) is 0 Å². The number of urea groups is 1. The molecule has 0 aliphatic heterocycles. The summed E-state index contributed by atoms with van der Waals surface area (Å²) in [6.07, 6.45) is -8.06. The summed E-state index contributed by atoms with van der Waals surface area (Å²) >= 11 is 0. The van der Waals surface area contributed by atoms with Gasteiger partial charge in [0, 0.05) is 7.05 Å². The van der Waals surface area contributed by atoms with Crippen LogP contribution in [-0.2, 0) is 6.61 Å². The second-order valence-corrected chi connectivity index (χ2v) is 5.68. The number of rotatable bonds is 6. The van der Waals surface area contributed by atoms with Crippen molar-refractivity contribution < 1.29 is 41.3 Å². The van der Waals surface area contributed by atoms with Gasteiger partial charge in [0.1, 0.15) is 23.9 Å². The van der Waals surface area contributed by atoms with Crippen molar-refractivity contribution in [2.24, 2.45) is 5.84 Å². The number of hydrogen-bond donors (Lipinski definition) is 3. The molecule has 0 saturated carbocycles. The molecule has 12 heteroatoms. The van der Waals surface area contributed by atoms with Crippen molar-refractivity contribution in [1.82, 2.24) is 5.01 Å². The Kier molecular flexibility index (Phi) is 6.69. The minimum Gasteiger partial charge on any atom is -0.508 e. The minimum absolute atomic E-state index is 0.133. The van der Waals surface area contributed by atoms with E-state index >= 15 is 0 Å². The van der Waals surface area contributed by atoms with Crippen molar-refractivity contribution in [3.63, 3.8) is 0 Å². The van der Waals surface area contributed by atoms with E-state index in [0.717, 1.165) is 24.3 Å². The molecule has 0 heterocycles. The monoisotopic (exact) mass is 421 g/mol. The molecule has 4 N–H and O–H groups in total. The van der Waals surface area contributed by atoms with Crippen LogP contribution in [0.15, 0.2) is 36.4 Å². The molecule has 2 amide bonds. The van der Waals surface area contributed by atoms with Gasteiger partial charge in [0.25, 0.3) is 6.43 Å². The van der Waals surface area contributed by atoms with E-state index < -0.39 is 42.5 Å². The fourth-order valence-corrected chi connectivity index (χ4v) is 2.24. The average molecular weight is 421 g/mol. The number of halogens is 5. The molecule has 2 rings (SSSR count). The van der Waals surface area contributed by atoms with Gasteiger partial charge in [-0.15, -0.1) is 13.2 Å². The molecular weight excluding hydrogens is 405 g/mol. The van der Waals surface area contributed by atoms with Crippen LogP contribution in [0.2, 0.25) is 0 Å². The molecule has 0 bridgehead atoms. The van der Waals surface area contributed by atoms with Crippen molar-refractivity contribution in [3.8, 4) is 17.2 Å². The first-order valence-corrected chi connectivity index (χ1v) is 7.89. The molecule has 2 aromatic rings. The maximum Gasteiger partial charge on any atom is 0.573 e. The normalized spacial score (nSPS) is 11.3. The Morgan fingerprint density at radius 3 is 2.52 bits per heavy atom. The number of nitrogens with zero attached hydrogens (tertiary/aromatic N) is 1. The summed E-state index contributed by atoms with van der Waals surface area (Å²) in [5.74, 6) is 3.77. The molecule has 0 radical (unpaired) electrons. The standard InChI is InChI=1S/C17H16F5N3O4/c1-25(23)16(27)24-12-3-2-4-14(29-17(20,21)22)11(12)8-28-13-6-5-9(26)7-10(13)15(18)19/h2-7,15,26H,8,23H2,1H3,(H,24,27). The number of carbonyl (C=O) groups is 1. The third kappa shape index (κ3) is 6.10. The summed E-state index contributed by atoms with van der Waals surface area (Å²) in [4.78, 5) is 11.8. The number of hydrazine groups is 1. The maximum absolute atomic E-state index is 13.1. The lowest BCUT2D eigenvalue weighted by atomic mass is 10.1. The Hall–Kier alpha value is -3.28. The summed E-state index contributed by atoms with van der Waals surface area (Å²) in [7, 11) is 1.20. The van der Waals surface area contributed by atoms with Crippen molar-refractivity contribution in [2.45, 2.75) is 19.4 Å². The van der Waals surface area contributed by atoms with Crippen LogP contribution in [0, 0.1) is 0 Å². The Balaban J connectivity index is 2.39. The highest BCUT2D eigenvalue weighted by molar-refractivity contribution is 5.90. The molecule has 2 aromatic carbocycles. The van der Waals surface area contributed by atoms with Crippen LogP contribution < -0.4 is 20.6 Å². The van der Waals surface area contributed by atoms with Crippen LogP contribution in [-0.4, -0.2) is 29.6 Å². The molecule has 29 heavy (non-hydrogen) atoms. The second-order valence-electron chi connectivity index (χ2n) is 5.68. The number of nitrogens with two attached hydrogens (primary N) is 1. The topological polar surface area (TPSA) is 97.1 Å². The van der Waals surface area contributed by atoms with Gasteiger partial charge >= 0.3 is 12.4 Å². The highest BCUT2D eigenvalue weighted by Gasteiger charge is 2.33. The summed E-state index contributed by atoms with van der Waals surface area (Å²) in [6, 6.07) is 5.44. The number of amides is 2. The number of nitrogens with one attached hydrogen (secondary N) is 1. The van der Waals surface area contributed by atoms with Crippen LogP contribution in [0.25, 0.3) is 0 Å². The average Bonchev–Trinajstić information content (AvgIpc) is 2.60. The van der Waals surface area contributed by atoms with Gasteiger partial charge in [-0.1, -0.05) is 6.07 Å². The molecule has 0 spiro atoms. The molecule has 0 atom stereocenters. The number of alkyl halides is 5. The lowest BCUT2D eigenvalue weighted by Crippen LogP contribution is -2.37. The quantitative estimate of drug-likeness (QED) is 0.282. The fourth-order valence-electron chi connectivity index (χ4n) is 2.24. The molecule has 0 aliphatic carbocycles. The number of carbonyl (C=O) groups excluding carboxylic acids is 1. The van der Waals surface area contributed by atoms with Crippen LogP contribution in [0.3, 0.4) is 0 Å². The van der Waals surface area contributed by atoms with Gasteiger partial charge in [-0.05, 0) is 30.3 Å². The van der Waals surface area contributed by atoms with Crippen molar-refractivity contribution in [3.05, 3.63) is 47.5 Å². The van der Waals surface area contributed by atoms with Crippen molar-refractivity contribution in [1.29, 1.82) is 0 Å². The predicted molar refractivity (Wildman–Crippen MR) is 91.5 cm³/mol. The lowest BCUT2D eigenvalue weighted by Gasteiger charge is -2.19. The molecule has 0 fully saturated rings. The largest absolute Gasteiger partial charge is 0.573 e. The zero-order valence-corrected chi connectivity index (χ0v) is 14.8. The number of hydrogen-bond acceptors (Lipinski definition) is 5. The van der Waals surface area contributed by atoms with E-state index in [-0.39, 0.29) is 17.0 Å². The molecule has 0 aliphatic rings. The third-order valence-corrected chi connectivity index (χ3v) is 3.52. The van der Waals surface area contributed by atoms with Crippen LogP contribution in [0.5, 0.6) is 17.2 Å². The Morgan fingerprint density at radius 1 is 1.24 bits per heavy atom. The molecule has 158 valence electrons. The number of anilines is 1. The van der Waals surface area contributed by atoms with Gasteiger partial charge in [-0.25, -0.2) is 19.4 Å². The van der Waals surface area contributed by atoms with E-state index in [0.29, 0.717) is 5.01 Å². The zero-order valence-electron chi connectivity index (χ0n) is 14.8. The lowest BCUT2D eigenvalue weighted by molar-refractivity contribution is -0.275. The number of aromatic hydroxyl groups is 1. The molecule has 0 unspecified atom stereocenters. The number of ether oxygens (including phenoxy) is 2. The van der Waals surface area contributed by atoms with Crippen molar-refractivity contribution in [2.75, 3.05) is 12.4 Å². The number of phenols is 1. The smallest absolute Gasteiger partial charge is 0.508 e. The first kappa shape index (κ1) is 22.0. The molecular formula is C17H16F5N3O4. The maximum atomic E-state index is 13.1. The number of benzene rings is 2. The minimum atomic E-state index is -5.05. The highest BCUT2D eigenvalue weighted by atomic mass is 19.4. The van der Waals surface area contributed by atoms with Gasteiger partial charge in [-0.3, -0.25) is 5.01 Å².